The second-order valence-electron chi connectivity index (χ2n) is 6.14. The van der Waals surface area contributed by atoms with Gasteiger partial charge in [-0.05, 0) is 28.9 Å². The fourth-order valence-corrected chi connectivity index (χ4v) is 2.75. The summed E-state index contributed by atoms with van der Waals surface area (Å²) in [5, 5.41) is 22.7. The van der Waals surface area contributed by atoms with Crippen LogP contribution in [0.4, 0.5) is 11.4 Å². The van der Waals surface area contributed by atoms with Crippen molar-refractivity contribution in [3.8, 4) is 0 Å². The lowest BCUT2D eigenvalue weighted by molar-refractivity contribution is -0.423. The number of nitro benzene ring substituents is 2. The largest absolute Gasteiger partial charge is 0.349 e. The van der Waals surface area contributed by atoms with Gasteiger partial charge >= 0.3 is 11.4 Å². The van der Waals surface area contributed by atoms with E-state index in [-0.39, 0.29) is 23.4 Å². The zero-order chi connectivity index (χ0) is 16.5. The van der Waals surface area contributed by atoms with Gasteiger partial charge in [0, 0.05) is 11.6 Å². The van der Waals surface area contributed by atoms with Gasteiger partial charge in [-0.15, -0.1) is 0 Å². The van der Waals surface area contributed by atoms with Gasteiger partial charge in [-0.1, -0.05) is 41.5 Å². The predicted octanol–water partition coefficient (Wildman–Crippen LogP) is 4.87. The molecule has 0 saturated carbocycles. The van der Waals surface area contributed by atoms with Crippen LogP contribution in [0.15, 0.2) is 6.07 Å². The molecule has 0 atom stereocenters. The smallest absolute Gasteiger partial charge is 0.258 e. The van der Waals surface area contributed by atoms with Gasteiger partial charge in [-0.3, -0.25) is 20.2 Å². The second-order valence-corrected chi connectivity index (χ2v) is 6.14. The molecule has 0 bridgehead atoms. The van der Waals surface area contributed by atoms with Crippen LogP contribution in [0.25, 0.3) is 0 Å². The summed E-state index contributed by atoms with van der Waals surface area (Å²) in [5.74, 6) is -0.0149. The zero-order valence-electron chi connectivity index (χ0n) is 13.3. The van der Waals surface area contributed by atoms with Crippen LogP contribution < -0.4 is 0 Å². The van der Waals surface area contributed by atoms with Gasteiger partial charge in [0.2, 0.25) is 0 Å². The summed E-state index contributed by atoms with van der Waals surface area (Å²) < 4.78 is 0. The lowest BCUT2D eigenvalue weighted by Gasteiger charge is -2.22. The van der Waals surface area contributed by atoms with Crippen molar-refractivity contribution in [3.05, 3.63) is 43.0 Å². The molecule has 1 aromatic rings. The van der Waals surface area contributed by atoms with Crippen LogP contribution in [0.2, 0.25) is 0 Å². The Kier molecular flexibility index (Phi) is 5.04. The number of nitro groups is 2. The Bertz CT molecular complexity index is 578. The molecular weight excluding hydrogens is 272 g/mol. The maximum atomic E-state index is 11.4. The first-order valence-corrected chi connectivity index (χ1v) is 7.08. The molecule has 1 aromatic carbocycles. The minimum atomic E-state index is -0.653. The highest BCUT2D eigenvalue weighted by atomic mass is 16.6. The average molecular weight is 294 g/mol. The standard InChI is InChI=1S/C15H22N2O4/c1-8(2)11-7-12(16(18)19)15(17(20)21)14(10(5)6)13(11)9(3)4/h7-10H,1-6H3. The van der Waals surface area contributed by atoms with Crippen LogP contribution in [0.1, 0.15) is 76.0 Å². The molecule has 21 heavy (non-hydrogen) atoms. The first kappa shape index (κ1) is 17.1. The topological polar surface area (TPSA) is 86.3 Å². The maximum absolute atomic E-state index is 11.4. The minimum Gasteiger partial charge on any atom is -0.258 e. The van der Waals surface area contributed by atoms with Crippen LogP contribution in [0.3, 0.4) is 0 Å². The normalized spacial score (nSPS) is 11.5. The van der Waals surface area contributed by atoms with E-state index in [0.717, 1.165) is 11.1 Å². The third kappa shape index (κ3) is 3.20. The monoisotopic (exact) mass is 294 g/mol. The Morgan fingerprint density at radius 3 is 1.57 bits per heavy atom. The van der Waals surface area contributed by atoms with Crippen molar-refractivity contribution < 1.29 is 9.85 Å². The third-order valence-electron chi connectivity index (χ3n) is 3.55. The zero-order valence-corrected chi connectivity index (χ0v) is 13.3. The molecule has 0 aromatic heterocycles. The Labute approximate surface area is 124 Å². The molecule has 1 rings (SSSR count). The first-order chi connectivity index (χ1) is 9.59. The molecule has 0 radical (unpaired) electrons. The van der Waals surface area contributed by atoms with E-state index in [1.165, 1.54) is 6.07 Å². The summed E-state index contributed by atoms with van der Waals surface area (Å²) in [4.78, 5) is 21.4. The van der Waals surface area contributed by atoms with Gasteiger partial charge in [-0.25, -0.2) is 0 Å². The summed E-state index contributed by atoms with van der Waals surface area (Å²) in [6.45, 7) is 11.5. The minimum absolute atomic E-state index is 0.0688. The molecule has 0 saturated heterocycles. The van der Waals surface area contributed by atoms with E-state index >= 15 is 0 Å². The predicted molar refractivity (Wildman–Crippen MR) is 82.0 cm³/mol. The van der Waals surface area contributed by atoms with Crippen LogP contribution in [0, 0.1) is 20.2 Å². The van der Waals surface area contributed by atoms with Gasteiger partial charge in [0.15, 0.2) is 0 Å². The fourth-order valence-electron chi connectivity index (χ4n) is 2.75. The van der Waals surface area contributed by atoms with E-state index in [2.05, 4.69) is 0 Å². The Morgan fingerprint density at radius 1 is 0.810 bits per heavy atom. The number of hydrogen-bond donors (Lipinski definition) is 0. The second kappa shape index (κ2) is 6.20. The molecule has 0 fully saturated rings. The van der Waals surface area contributed by atoms with E-state index in [1.54, 1.807) is 0 Å². The quantitative estimate of drug-likeness (QED) is 0.572. The van der Waals surface area contributed by atoms with Crippen molar-refractivity contribution in [1.29, 1.82) is 0 Å². The highest BCUT2D eigenvalue weighted by molar-refractivity contribution is 5.65. The molecule has 6 nitrogen and oxygen atoms in total. The molecule has 116 valence electrons. The maximum Gasteiger partial charge on any atom is 0.349 e. The number of benzene rings is 1. The lowest BCUT2D eigenvalue weighted by atomic mass is 9.81. The molecule has 0 spiro atoms. The molecule has 0 amide bonds. The molecule has 0 aliphatic carbocycles. The number of nitrogens with zero attached hydrogens (tertiary/aromatic N) is 2. The van der Waals surface area contributed by atoms with Crippen molar-refractivity contribution in [2.24, 2.45) is 0 Å². The molecule has 0 aliphatic heterocycles. The summed E-state index contributed by atoms with van der Waals surface area (Å²) in [6, 6.07) is 1.38. The highest BCUT2D eigenvalue weighted by Gasteiger charge is 2.35. The van der Waals surface area contributed by atoms with Crippen molar-refractivity contribution in [2.75, 3.05) is 0 Å². The van der Waals surface area contributed by atoms with E-state index in [1.807, 2.05) is 41.5 Å². The molecule has 0 N–H and O–H groups in total. The molecule has 0 heterocycles. The highest BCUT2D eigenvalue weighted by Crippen LogP contribution is 2.44. The number of hydrogen-bond acceptors (Lipinski definition) is 4. The fraction of sp³-hybridized carbons (Fsp3) is 0.600. The first-order valence-electron chi connectivity index (χ1n) is 7.08. The summed E-state index contributed by atoms with van der Waals surface area (Å²) in [7, 11) is 0. The van der Waals surface area contributed by atoms with Crippen LogP contribution >= 0.6 is 0 Å². The summed E-state index contributed by atoms with van der Waals surface area (Å²) in [5.41, 5.74) is 1.43. The third-order valence-corrected chi connectivity index (χ3v) is 3.55. The molecular formula is C15H22N2O4. The van der Waals surface area contributed by atoms with Crippen molar-refractivity contribution in [1.82, 2.24) is 0 Å². The SMILES string of the molecule is CC(C)c1cc([N+](=O)[O-])c([N+](=O)[O-])c(C(C)C)c1C(C)C. The average Bonchev–Trinajstić information content (AvgIpc) is 2.34. The number of rotatable bonds is 5. The van der Waals surface area contributed by atoms with Crippen LogP contribution in [0.5, 0.6) is 0 Å². The van der Waals surface area contributed by atoms with Crippen molar-refractivity contribution >= 4 is 11.4 Å². The van der Waals surface area contributed by atoms with Crippen LogP contribution in [-0.2, 0) is 0 Å². The molecule has 0 unspecified atom stereocenters. The Balaban J connectivity index is 3.98. The van der Waals surface area contributed by atoms with Crippen LogP contribution in [-0.4, -0.2) is 9.85 Å². The van der Waals surface area contributed by atoms with Crippen molar-refractivity contribution in [3.63, 3.8) is 0 Å². The van der Waals surface area contributed by atoms with E-state index in [4.69, 9.17) is 0 Å². The Morgan fingerprint density at radius 2 is 1.29 bits per heavy atom. The van der Waals surface area contributed by atoms with Gasteiger partial charge in [-0.2, -0.15) is 0 Å². The van der Waals surface area contributed by atoms with E-state index < -0.39 is 15.5 Å². The summed E-state index contributed by atoms with van der Waals surface area (Å²) >= 11 is 0. The van der Waals surface area contributed by atoms with Gasteiger partial charge in [0.25, 0.3) is 0 Å². The van der Waals surface area contributed by atoms with Gasteiger partial charge < -0.3 is 0 Å². The van der Waals surface area contributed by atoms with Gasteiger partial charge in [0.1, 0.15) is 0 Å². The van der Waals surface area contributed by atoms with Crippen molar-refractivity contribution in [2.45, 2.75) is 59.3 Å². The van der Waals surface area contributed by atoms with Gasteiger partial charge in [0.05, 0.1) is 9.85 Å². The van der Waals surface area contributed by atoms with E-state index in [0.29, 0.717) is 5.56 Å². The Hall–Kier alpha value is -1.98. The molecule has 0 aliphatic rings. The molecule has 6 heteroatoms. The van der Waals surface area contributed by atoms with E-state index in [9.17, 15) is 20.2 Å². The lowest BCUT2D eigenvalue weighted by Crippen LogP contribution is -2.11. The summed E-state index contributed by atoms with van der Waals surface area (Å²) in [6.07, 6.45) is 0.